The lowest BCUT2D eigenvalue weighted by Gasteiger charge is -2.36. The number of rotatable bonds is 6. The van der Waals surface area contributed by atoms with Crippen LogP contribution in [0.25, 0.3) is 11.0 Å². The van der Waals surface area contributed by atoms with Gasteiger partial charge in [0.25, 0.3) is 11.8 Å². The van der Waals surface area contributed by atoms with Gasteiger partial charge in [0.05, 0.1) is 28.2 Å². The van der Waals surface area contributed by atoms with Gasteiger partial charge in [-0.25, -0.2) is 32.0 Å². The van der Waals surface area contributed by atoms with E-state index in [1.54, 1.807) is 45.0 Å². The molecule has 4 aliphatic carbocycles. The van der Waals surface area contributed by atoms with E-state index >= 15 is 8.78 Å². The van der Waals surface area contributed by atoms with E-state index in [9.17, 15) is 36.4 Å². The Bertz CT molecular complexity index is 2170. The second-order valence-electron chi connectivity index (χ2n) is 18.7. The van der Waals surface area contributed by atoms with Crippen LogP contribution in [0, 0.1) is 29.1 Å². The number of nitrogens with zero attached hydrogens (tertiary/aromatic N) is 3. The summed E-state index contributed by atoms with van der Waals surface area (Å²) >= 11 is 0. The Balaban J connectivity index is 1.15. The number of para-hydroxylation sites is 2. The Morgan fingerprint density at radius 3 is 2.32 bits per heavy atom. The van der Waals surface area contributed by atoms with Crippen LogP contribution in [0.4, 0.5) is 22.4 Å². The van der Waals surface area contributed by atoms with Crippen molar-refractivity contribution in [1.29, 1.82) is 0 Å². The number of carbonyl (C=O) groups excluding carboxylic acids is 4. The van der Waals surface area contributed by atoms with Gasteiger partial charge < -0.3 is 25.0 Å². The maximum atomic E-state index is 16.3. The third-order valence-corrected chi connectivity index (χ3v) is 15.5. The summed E-state index contributed by atoms with van der Waals surface area (Å²) in [7, 11) is -4.29. The molecule has 2 bridgehead atoms. The van der Waals surface area contributed by atoms with Gasteiger partial charge in [-0.05, 0) is 87.2 Å². The third kappa shape index (κ3) is 7.80. The zero-order valence-corrected chi connectivity index (χ0v) is 34.1. The van der Waals surface area contributed by atoms with Crippen LogP contribution in [0.1, 0.15) is 97.6 Å². The number of nitrogens with one attached hydrogen (secondary N) is 3. The number of amides is 4. The fraction of sp³-hybridized carbons (Fsp3) is 0.700. The molecule has 8 rings (SSSR count). The van der Waals surface area contributed by atoms with Gasteiger partial charge in [0.15, 0.2) is 5.69 Å². The highest BCUT2D eigenvalue weighted by atomic mass is 32.2. The van der Waals surface area contributed by atoms with Crippen molar-refractivity contribution in [2.45, 2.75) is 139 Å². The van der Waals surface area contributed by atoms with Gasteiger partial charge in [-0.15, -0.1) is 0 Å². The average molecular weight is 851 g/mol. The van der Waals surface area contributed by atoms with Crippen molar-refractivity contribution >= 4 is 44.9 Å². The molecular formula is C40H50F4N6O8S. The molecule has 59 heavy (non-hydrogen) atoms. The highest BCUT2D eigenvalue weighted by molar-refractivity contribution is 7.91. The number of alkyl carbamates (subject to hydrolysis) is 1. The molecule has 3 heterocycles. The summed E-state index contributed by atoms with van der Waals surface area (Å²) in [6.45, 7) is 6.06. The van der Waals surface area contributed by atoms with Crippen molar-refractivity contribution in [3.05, 3.63) is 30.0 Å². The smallest absolute Gasteiger partial charge is 0.408 e. The Kier molecular flexibility index (Phi) is 10.1. The van der Waals surface area contributed by atoms with Crippen LogP contribution in [-0.2, 0) is 35.1 Å². The molecular weight excluding hydrogens is 801 g/mol. The van der Waals surface area contributed by atoms with Crippen LogP contribution in [-0.4, -0.2) is 94.6 Å². The minimum absolute atomic E-state index is 0.0417. The number of aromatic nitrogens is 2. The topological polar surface area (TPSA) is 186 Å². The van der Waals surface area contributed by atoms with E-state index in [1.807, 2.05) is 4.72 Å². The summed E-state index contributed by atoms with van der Waals surface area (Å²) in [6.07, 6.45) is -3.97. The number of halogens is 4. The number of ether oxygens (including phenoxy) is 2. The fourth-order valence-electron chi connectivity index (χ4n) is 9.28. The number of sulfonamides is 1. The van der Waals surface area contributed by atoms with Crippen LogP contribution < -0.4 is 20.1 Å². The van der Waals surface area contributed by atoms with Crippen LogP contribution in [0.3, 0.4) is 0 Å². The molecule has 3 N–H and O–H groups in total. The van der Waals surface area contributed by atoms with Gasteiger partial charge in [0.2, 0.25) is 34.1 Å². The summed E-state index contributed by atoms with van der Waals surface area (Å²) in [4.78, 5) is 66.0. The summed E-state index contributed by atoms with van der Waals surface area (Å²) in [6, 6.07) is 3.53. The summed E-state index contributed by atoms with van der Waals surface area (Å²) in [5.41, 5.74) is -3.58. The first-order valence-corrected chi connectivity index (χ1v) is 21.9. The lowest BCUT2D eigenvalue weighted by Crippen LogP contribution is -2.60. The van der Waals surface area contributed by atoms with E-state index in [4.69, 9.17) is 9.47 Å². The monoisotopic (exact) mass is 850 g/mol. The summed E-state index contributed by atoms with van der Waals surface area (Å²) in [5.74, 6) is -8.33. The summed E-state index contributed by atoms with van der Waals surface area (Å²) in [5, 5.41) is 5.07. The number of alkyl halides is 4. The van der Waals surface area contributed by atoms with Crippen molar-refractivity contribution in [3.63, 3.8) is 0 Å². The van der Waals surface area contributed by atoms with Crippen molar-refractivity contribution in [2.24, 2.45) is 29.1 Å². The molecule has 4 amide bonds. The minimum atomic E-state index is -4.29. The van der Waals surface area contributed by atoms with Crippen molar-refractivity contribution < 1.29 is 54.6 Å². The molecule has 322 valence electrons. The largest absolute Gasteiger partial charge is 0.471 e. The number of benzene rings is 1. The zero-order valence-electron chi connectivity index (χ0n) is 33.3. The minimum Gasteiger partial charge on any atom is -0.471 e. The SMILES string of the molecule is CC(C)(C)[C@@H]1NC(=O)O[C@@H]2CC3C[C@@H]3[C@H]2CCCCC(F)(F)c2nc3ccccc3nc2O[C@@H]2C[C@@H](C(=O)N[C@]3(C(=O)NS(=O)(=O)C4(C)CC4)C[C@H]3C(F)F)N(C2)C1=O. The Hall–Kier alpha value is -4.29. The first kappa shape index (κ1) is 41.4. The van der Waals surface area contributed by atoms with E-state index in [0.717, 1.165) is 11.3 Å². The molecule has 6 aliphatic rings. The molecule has 2 aliphatic heterocycles. The zero-order chi connectivity index (χ0) is 42.4. The maximum absolute atomic E-state index is 16.3. The molecule has 1 aromatic carbocycles. The van der Waals surface area contributed by atoms with Crippen molar-refractivity contribution in [3.8, 4) is 5.88 Å². The van der Waals surface area contributed by atoms with Crippen molar-refractivity contribution in [1.82, 2.24) is 30.2 Å². The second-order valence-corrected chi connectivity index (χ2v) is 20.9. The van der Waals surface area contributed by atoms with E-state index in [-0.39, 0.29) is 42.6 Å². The quantitative estimate of drug-likeness (QED) is 0.336. The van der Waals surface area contributed by atoms with Gasteiger partial charge in [0.1, 0.15) is 29.8 Å². The van der Waals surface area contributed by atoms with E-state index in [0.29, 0.717) is 31.1 Å². The molecule has 0 radical (unpaired) electrons. The number of carbonyl (C=O) groups is 4. The van der Waals surface area contributed by atoms with E-state index < -0.39 is 123 Å². The molecule has 19 heteroatoms. The number of hydrogen-bond acceptors (Lipinski definition) is 10. The highest BCUT2D eigenvalue weighted by Gasteiger charge is 2.67. The molecule has 0 spiro atoms. The Morgan fingerprint density at radius 2 is 1.68 bits per heavy atom. The van der Waals surface area contributed by atoms with Gasteiger partial charge in [-0.3, -0.25) is 19.1 Å². The molecule has 14 nitrogen and oxygen atoms in total. The highest BCUT2D eigenvalue weighted by Crippen LogP contribution is 2.58. The second kappa shape index (κ2) is 14.4. The number of fused-ring (bicyclic) bond motifs is 7. The molecule has 4 saturated carbocycles. The lowest BCUT2D eigenvalue weighted by atomic mass is 9.85. The summed E-state index contributed by atoms with van der Waals surface area (Å²) < 4.78 is 99.8. The molecule has 1 aromatic heterocycles. The predicted octanol–water partition coefficient (Wildman–Crippen LogP) is 4.95. The van der Waals surface area contributed by atoms with E-state index in [1.165, 1.54) is 6.92 Å². The Morgan fingerprint density at radius 1 is 0.983 bits per heavy atom. The van der Waals surface area contributed by atoms with Gasteiger partial charge in [-0.2, -0.15) is 8.78 Å². The first-order valence-electron chi connectivity index (χ1n) is 20.4. The van der Waals surface area contributed by atoms with Crippen LogP contribution in [0.5, 0.6) is 5.88 Å². The Labute approximate surface area is 339 Å². The van der Waals surface area contributed by atoms with E-state index in [2.05, 4.69) is 20.6 Å². The normalized spacial score (nSPS) is 33.9. The van der Waals surface area contributed by atoms with Gasteiger partial charge >= 0.3 is 6.09 Å². The van der Waals surface area contributed by atoms with Crippen LogP contribution in [0.15, 0.2) is 24.3 Å². The predicted molar refractivity (Wildman–Crippen MR) is 202 cm³/mol. The van der Waals surface area contributed by atoms with Crippen LogP contribution in [0.2, 0.25) is 0 Å². The van der Waals surface area contributed by atoms with Gasteiger partial charge in [0, 0.05) is 12.8 Å². The molecule has 1 unspecified atom stereocenters. The molecule has 5 fully saturated rings. The number of hydrogen-bond donors (Lipinski definition) is 3. The standard InChI is InChI=1S/C40H50F4N6O8S/c1-37(2,3)30-34(52)50-19-21(17-27(50)32(51)48-39(18-24(39)31(41)42)35(53)49-59(55,56)38(4)13-14-38)57-33-29(45-25-10-5-6-11-26(25)46-33)40(43,44)12-8-7-9-22-23-15-20(23)16-28(22)58-36(54)47-30/h5-6,10-11,20-24,27-28,30-31H,7-9,12-19H2,1-4H3,(H,47,54)(H,48,51)(H,49,53)/t20?,21-,22-,23+,24+,27+,28-,30-,39-/m1/s1. The fourth-order valence-corrected chi connectivity index (χ4v) is 10.6. The maximum Gasteiger partial charge on any atom is 0.408 e. The molecule has 9 atom stereocenters. The van der Waals surface area contributed by atoms with Crippen molar-refractivity contribution in [2.75, 3.05) is 6.54 Å². The van der Waals surface area contributed by atoms with Crippen LogP contribution >= 0.6 is 0 Å². The lowest BCUT2D eigenvalue weighted by molar-refractivity contribution is -0.143. The first-order chi connectivity index (χ1) is 27.6. The third-order valence-electron chi connectivity index (χ3n) is 13.4. The average Bonchev–Trinajstić information content (AvgIpc) is 4.11. The van der Waals surface area contributed by atoms with Gasteiger partial charge in [-0.1, -0.05) is 39.3 Å². The molecule has 1 saturated heterocycles. The molecule has 2 aromatic rings.